The van der Waals surface area contributed by atoms with E-state index in [-0.39, 0.29) is 16.7 Å². The zero-order valence-corrected chi connectivity index (χ0v) is 11.9. The summed E-state index contributed by atoms with van der Waals surface area (Å²) < 4.78 is 26.4. The van der Waals surface area contributed by atoms with E-state index >= 15 is 0 Å². The highest BCUT2D eigenvalue weighted by molar-refractivity contribution is 7.80. The third-order valence-electron chi connectivity index (χ3n) is 2.90. The van der Waals surface area contributed by atoms with Crippen molar-refractivity contribution in [2.24, 2.45) is 0 Å². The largest absolute Gasteiger partial charge is 0.332 e. The predicted molar refractivity (Wildman–Crippen MR) is 82.1 cm³/mol. The van der Waals surface area contributed by atoms with Gasteiger partial charge in [0.15, 0.2) is 5.11 Å². The smallest absolute Gasteiger partial charge is 0.175 e. The second kappa shape index (κ2) is 5.96. The zero-order valence-electron chi connectivity index (χ0n) is 11.1. The highest BCUT2D eigenvalue weighted by atomic mass is 32.1. The minimum Gasteiger partial charge on any atom is -0.332 e. The van der Waals surface area contributed by atoms with Crippen LogP contribution in [0.4, 0.5) is 20.2 Å². The lowest BCUT2D eigenvalue weighted by Crippen LogP contribution is -2.20. The lowest BCUT2D eigenvalue weighted by molar-refractivity contribution is 0.628. The van der Waals surface area contributed by atoms with Crippen molar-refractivity contribution in [2.45, 2.75) is 13.8 Å². The maximum atomic E-state index is 13.2. The molecule has 0 heterocycles. The third kappa shape index (κ3) is 3.51. The van der Waals surface area contributed by atoms with E-state index in [9.17, 15) is 8.78 Å². The van der Waals surface area contributed by atoms with Gasteiger partial charge in [-0.2, -0.15) is 0 Å². The molecule has 2 aromatic carbocycles. The molecular weight excluding hydrogens is 278 g/mol. The lowest BCUT2D eigenvalue weighted by atomic mass is 10.2. The summed E-state index contributed by atoms with van der Waals surface area (Å²) >= 11 is 5.16. The molecular formula is C15H14F2N2S. The molecule has 0 amide bonds. The second-order valence-corrected chi connectivity index (χ2v) is 4.91. The normalized spacial score (nSPS) is 10.2. The fraction of sp³-hybridized carbons (Fsp3) is 0.133. The first-order chi connectivity index (χ1) is 9.45. The minimum atomic E-state index is -0.345. The van der Waals surface area contributed by atoms with Crippen LogP contribution in [0.2, 0.25) is 0 Å². The molecule has 2 aromatic rings. The van der Waals surface area contributed by atoms with Gasteiger partial charge in [0, 0.05) is 11.4 Å². The van der Waals surface area contributed by atoms with Gasteiger partial charge in [0.25, 0.3) is 0 Å². The van der Waals surface area contributed by atoms with E-state index in [0.717, 1.165) is 11.1 Å². The monoisotopic (exact) mass is 292 g/mol. The van der Waals surface area contributed by atoms with Crippen molar-refractivity contribution in [3.05, 3.63) is 59.2 Å². The average molecular weight is 292 g/mol. The van der Waals surface area contributed by atoms with Gasteiger partial charge in [0.1, 0.15) is 11.6 Å². The molecule has 5 heteroatoms. The van der Waals surface area contributed by atoms with Gasteiger partial charge in [0.2, 0.25) is 0 Å². The number of nitrogens with one attached hydrogen (secondary N) is 2. The number of anilines is 2. The van der Waals surface area contributed by atoms with Crippen molar-refractivity contribution in [3.8, 4) is 0 Å². The number of aryl methyl sites for hydroxylation is 2. The predicted octanol–water partition coefficient (Wildman–Crippen LogP) is 4.39. The van der Waals surface area contributed by atoms with Crippen molar-refractivity contribution in [1.82, 2.24) is 0 Å². The minimum absolute atomic E-state index is 0.285. The average Bonchev–Trinajstić information content (AvgIpc) is 2.38. The molecule has 0 unspecified atom stereocenters. The summed E-state index contributed by atoms with van der Waals surface area (Å²) in [6, 6.07) is 8.81. The van der Waals surface area contributed by atoms with Crippen LogP contribution in [0.15, 0.2) is 36.4 Å². The Hall–Kier alpha value is -2.01. The Kier molecular flexibility index (Phi) is 4.29. The van der Waals surface area contributed by atoms with Crippen LogP contribution in [0.5, 0.6) is 0 Å². The number of hydrogen-bond donors (Lipinski definition) is 2. The van der Waals surface area contributed by atoms with Gasteiger partial charge in [-0.15, -0.1) is 0 Å². The van der Waals surface area contributed by atoms with Crippen LogP contribution in [0.25, 0.3) is 0 Å². The Balaban J connectivity index is 2.13. The highest BCUT2D eigenvalue weighted by Crippen LogP contribution is 2.19. The Morgan fingerprint density at radius 1 is 0.850 bits per heavy atom. The summed E-state index contributed by atoms with van der Waals surface area (Å²) in [4.78, 5) is 0. The second-order valence-electron chi connectivity index (χ2n) is 4.50. The molecule has 2 N–H and O–H groups in total. The molecule has 0 aliphatic carbocycles. The third-order valence-corrected chi connectivity index (χ3v) is 3.10. The van der Waals surface area contributed by atoms with E-state index in [2.05, 4.69) is 10.6 Å². The molecule has 2 nitrogen and oxygen atoms in total. The Bertz CT molecular complexity index is 601. The van der Waals surface area contributed by atoms with Crippen LogP contribution < -0.4 is 10.6 Å². The van der Waals surface area contributed by atoms with Crippen LogP contribution in [0.1, 0.15) is 11.1 Å². The number of thiocarbonyl (C=S) groups is 1. The molecule has 0 aromatic heterocycles. The Labute approximate surface area is 121 Å². The number of hydrogen-bond acceptors (Lipinski definition) is 1. The first kappa shape index (κ1) is 14.4. The molecule has 0 saturated carbocycles. The van der Waals surface area contributed by atoms with Crippen LogP contribution in [-0.2, 0) is 0 Å². The number of rotatable bonds is 2. The molecule has 20 heavy (non-hydrogen) atoms. The van der Waals surface area contributed by atoms with Gasteiger partial charge in [-0.1, -0.05) is 12.1 Å². The Morgan fingerprint density at radius 2 is 1.25 bits per heavy atom. The summed E-state index contributed by atoms with van der Waals surface area (Å²) in [5.74, 6) is -0.689. The molecule has 0 spiro atoms. The standard InChI is InChI=1S/C15H14F2N2S/c1-9-3-5-11(16)7-13(9)18-15(20)19-14-8-12(17)6-4-10(14)2/h3-8H,1-2H3,(H2,18,19,20). The van der Waals surface area contributed by atoms with E-state index in [1.807, 2.05) is 13.8 Å². The number of halogens is 2. The van der Waals surface area contributed by atoms with Crippen LogP contribution in [0, 0.1) is 25.5 Å². The fourth-order valence-corrected chi connectivity index (χ4v) is 1.95. The van der Waals surface area contributed by atoms with Crippen molar-refractivity contribution in [1.29, 1.82) is 0 Å². The number of benzene rings is 2. The van der Waals surface area contributed by atoms with Crippen LogP contribution in [-0.4, -0.2) is 5.11 Å². The first-order valence-corrected chi connectivity index (χ1v) is 6.47. The van der Waals surface area contributed by atoms with E-state index in [1.165, 1.54) is 24.3 Å². The Morgan fingerprint density at radius 3 is 1.65 bits per heavy atom. The summed E-state index contributed by atoms with van der Waals surface area (Å²) in [6.07, 6.45) is 0. The summed E-state index contributed by atoms with van der Waals surface area (Å²) in [5.41, 5.74) is 2.89. The summed E-state index contributed by atoms with van der Waals surface area (Å²) in [6.45, 7) is 3.69. The van der Waals surface area contributed by atoms with E-state index < -0.39 is 0 Å². The SMILES string of the molecule is Cc1ccc(F)cc1NC(=S)Nc1cc(F)ccc1C. The molecule has 0 fully saturated rings. The van der Waals surface area contributed by atoms with Crippen molar-refractivity contribution in [2.75, 3.05) is 10.6 Å². The van der Waals surface area contributed by atoms with Crippen molar-refractivity contribution >= 4 is 28.7 Å². The first-order valence-electron chi connectivity index (χ1n) is 6.06. The van der Waals surface area contributed by atoms with E-state index in [0.29, 0.717) is 11.4 Å². The van der Waals surface area contributed by atoms with E-state index in [4.69, 9.17) is 12.2 Å². The van der Waals surface area contributed by atoms with Gasteiger partial charge in [-0.3, -0.25) is 0 Å². The zero-order chi connectivity index (χ0) is 14.7. The lowest BCUT2D eigenvalue weighted by Gasteiger charge is -2.14. The topological polar surface area (TPSA) is 24.1 Å². The fourth-order valence-electron chi connectivity index (χ4n) is 1.73. The molecule has 0 atom stereocenters. The van der Waals surface area contributed by atoms with Gasteiger partial charge < -0.3 is 10.6 Å². The van der Waals surface area contributed by atoms with Crippen LogP contribution >= 0.6 is 12.2 Å². The maximum absolute atomic E-state index is 13.2. The maximum Gasteiger partial charge on any atom is 0.175 e. The van der Waals surface area contributed by atoms with Gasteiger partial charge in [-0.25, -0.2) is 8.78 Å². The van der Waals surface area contributed by atoms with Crippen LogP contribution in [0.3, 0.4) is 0 Å². The summed E-state index contributed by atoms with van der Waals surface area (Å²) in [5, 5.41) is 6.09. The van der Waals surface area contributed by atoms with Crippen molar-refractivity contribution < 1.29 is 8.78 Å². The van der Waals surface area contributed by atoms with Gasteiger partial charge in [0.05, 0.1) is 0 Å². The quantitative estimate of drug-likeness (QED) is 0.803. The molecule has 0 saturated heterocycles. The molecule has 0 aliphatic heterocycles. The molecule has 104 valence electrons. The molecule has 0 bridgehead atoms. The molecule has 0 aliphatic rings. The highest BCUT2D eigenvalue weighted by Gasteiger charge is 2.05. The van der Waals surface area contributed by atoms with Gasteiger partial charge in [-0.05, 0) is 61.5 Å². The molecule has 0 radical (unpaired) electrons. The summed E-state index contributed by atoms with van der Waals surface area (Å²) in [7, 11) is 0. The van der Waals surface area contributed by atoms with Crippen molar-refractivity contribution in [3.63, 3.8) is 0 Å². The van der Waals surface area contributed by atoms with E-state index in [1.54, 1.807) is 12.1 Å². The molecule has 2 rings (SSSR count). The van der Waals surface area contributed by atoms with Gasteiger partial charge >= 0.3 is 0 Å².